The molecule has 1 unspecified atom stereocenters. The van der Waals surface area contributed by atoms with E-state index in [1.807, 2.05) is 13.0 Å². The second-order valence-corrected chi connectivity index (χ2v) is 4.53. The molecule has 0 bridgehead atoms. The van der Waals surface area contributed by atoms with Crippen LogP contribution in [0, 0.1) is 12.8 Å². The van der Waals surface area contributed by atoms with Gasteiger partial charge in [0.15, 0.2) is 0 Å². The van der Waals surface area contributed by atoms with E-state index in [1.165, 1.54) is 12.8 Å². The van der Waals surface area contributed by atoms with E-state index in [2.05, 4.69) is 15.3 Å². The van der Waals surface area contributed by atoms with Crippen LogP contribution in [-0.2, 0) is 6.42 Å². The fourth-order valence-electron chi connectivity index (χ4n) is 2.09. The molecule has 2 heterocycles. The minimum atomic E-state index is 0.557. The highest BCUT2D eigenvalue weighted by atomic mass is 35.5. The van der Waals surface area contributed by atoms with E-state index in [0.717, 1.165) is 31.0 Å². The number of rotatable bonds is 2. The molecule has 0 amide bonds. The molecule has 1 aliphatic heterocycles. The highest BCUT2D eigenvalue weighted by molar-refractivity contribution is 6.29. The summed E-state index contributed by atoms with van der Waals surface area (Å²) in [5.41, 5.74) is 1.07. The average Bonchev–Trinajstić information content (AvgIpc) is 2.17. The first-order valence-corrected chi connectivity index (χ1v) is 5.82. The lowest BCUT2D eigenvalue weighted by atomic mass is 9.95. The van der Waals surface area contributed by atoms with Gasteiger partial charge in [0.05, 0.1) is 0 Å². The molecular formula is C11H16ClN3. The molecule has 0 aliphatic carbocycles. The summed E-state index contributed by atoms with van der Waals surface area (Å²) in [5.74, 6) is 1.46. The summed E-state index contributed by atoms with van der Waals surface area (Å²) >= 11 is 5.90. The summed E-state index contributed by atoms with van der Waals surface area (Å²) in [4.78, 5) is 8.47. The summed E-state index contributed by atoms with van der Waals surface area (Å²) in [7, 11) is 0. The Morgan fingerprint density at radius 3 is 3.07 bits per heavy atom. The van der Waals surface area contributed by atoms with Crippen molar-refractivity contribution < 1.29 is 0 Å². The van der Waals surface area contributed by atoms with Crippen LogP contribution in [0.5, 0.6) is 0 Å². The lowest BCUT2D eigenvalue weighted by molar-refractivity contribution is 0.373. The first-order valence-electron chi connectivity index (χ1n) is 5.45. The maximum absolute atomic E-state index is 5.90. The minimum absolute atomic E-state index is 0.557. The quantitative estimate of drug-likeness (QED) is 0.783. The Bertz CT molecular complexity index is 314. The van der Waals surface area contributed by atoms with Crippen LogP contribution >= 0.6 is 11.6 Å². The van der Waals surface area contributed by atoms with Gasteiger partial charge in [-0.2, -0.15) is 0 Å². The zero-order chi connectivity index (χ0) is 10.7. The molecule has 0 aromatic carbocycles. The molecule has 1 aliphatic rings. The van der Waals surface area contributed by atoms with E-state index in [0.29, 0.717) is 11.1 Å². The second kappa shape index (κ2) is 4.90. The van der Waals surface area contributed by atoms with E-state index >= 15 is 0 Å². The van der Waals surface area contributed by atoms with Crippen LogP contribution in [0.4, 0.5) is 0 Å². The number of aryl methyl sites for hydroxylation is 1. The smallest absolute Gasteiger partial charge is 0.133 e. The van der Waals surface area contributed by atoms with Crippen molar-refractivity contribution in [2.45, 2.75) is 26.2 Å². The van der Waals surface area contributed by atoms with Crippen LogP contribution in [0.2, 0.25) is 5.15 Å². The Hall–Kier alpha value is -0.670. The molecule has 15 heavy (non-hydrogen) atoms. The lowest BCUT2D eigenvalue weighted by Crippen LogP contribution is -2.31. The van der Waals surface area contributed by atoms with Crippen molar-refractivity contribution in [1.82, 2.24) is 15.3 Å². The van der Waals surface area contributed by atoms with Gasteiger partial charge in [-0.25, -0.2) is 9.97 Å². The van der Waals surface area contributed by atoms with Crippen molar-refractivity contribution in [1.29, 1.82) is 0 Å². The van der Waals surface area contributed by atoms with Crippen LogP contribution in [0.25, 0.3) is 0 Å². The summed E-state index contributed by atoms with van der Waals surface area (Å²) in [6.45, 7) is 4.13. The van der Waals surface area contributed by atoms with Gasteiger partial charge in [-0.3, -0.25) is 0 Å². The highest BCUT2D eigenvalue weighted by Gasteiger charge is 2.14. The molecule has 4 heteroatoms. The van der Waals surface area contributed by atoms with E-state index in [4.69, 9.17) is 11.6 Å². The van der Waals surface area contributed by atoms with Gasteiger partial charge in [-0.15, -0.1) is 0 Å². The number of aromatic nitrogens is 2. The van der Waals surface area contributed by atoms with E-state index < -0.39 is 0 Å². The van der Waals surface area contributed by atoms with E-state index in [9.17, 15) is 0 Å². The Kier molecular flexibility index (Phi) is 3.54. The second-order valence-electron chi connectivity index (χ2n) is 4.15. The largest absolute Gasteiger partial charge is 0.316 e. The van der Waals surface area contributed by atoms with Gasteiger partial charge in [0.2, 0.25) is 0 Å². The number of hydrogen-bond donors (Lipinski definition) is 1. The molecule has 0 saturated carbocycles. The predicted octanol–water partition coefficient (Wildman–Crippen LogP) is 1.98. The third-order valence-electron chi connectivity index (χ3n) is 2.76. The van der Waals surface area contributed by atoms with Crippen molar-refractivity contribution in [2.75, 3.05) is 13.1 Å². The molecule has 1 N–H and O–H groups in total. The van der Waals surface area contributed by atoms with Crippen molar-refractivity contribution in [2.24, 2.45) is 5.92 Å². The molecule has 1 saturated heterocycles. The minimum Gasteiger partial charge on any atom is -0.316 e. The maximum Gasteiger partial charge on any atom is 0.133 e. The van der Waals surface area contributed by atoms with Crippen LogP contribution in [0.3, 0.4) is 0 Å². The highest BCUT2D eigenvalue weighted by Crippen LogP contribution is 2.16. The fraction of sp³-hybridized carbons (Fsp3) is 0.636. The van der Waals surface area contributed by atoms with Gasteiger partial charge >= 0.3 is 0 Å². The molecule has 1 fully saturated rings. The van der Waals surface area contributed by atoms with Gasteiger partial charge in [0.25, 0.3) is 0 Å². The Balaban J connectivity index is 2.02. The van der Waals surface area contributed by atoms with Crippen LogP contribution in [-0.4, -0.2) is 23.1 Å². The van der Waals surface area contributed by atoms with Gasteiger partial charge < -0.3 is 5.32 Å². The summed E-state index contributed by atoms with van der Waals surface area (Å²) in [6.07, 6.45) is 3.56. The topological polar surface area (TPSA) is 37.8 Å². The molecule has 1 atom stereocenters. The zero-order valence-corrected chi connectivity index (χ0v) is 9.72. The number of nitrogens with one attached hydrogen (secondary N) is 1. The Labute approximate surface area is 95.3 Å². The lowest BCUT2D eigenvalue weighted by Gasteiger charge is -2.22. The normalized spacial score (nSPS) is 21.6. The molecule has 3 nitrogen and oxygen atoms in total. The van der Waals surface area contributed by atoms with Crippen LogP contribution in [0.1, 0.15) is 24.4 Å². The molecule has 0 radical (unpaired) electrons. The molecule has 2 rings (SSSR count). The van der Waals surface area contributed by atoms with Gasteiger partial charge in [-0.05, 0) is 51.3 Å². The van der Waals surface area contributed by atoms with Crippen molar-refractivity contribution in [3.05, 3.63) is 22.7 Å². The van der Waals surface area contributed by atoms with E-state index in [-0.39, 0.29) is 0 Å². The van der Waals surface area contributed by atoms with Crippen molar-refractivity contribution in [3.8, 4) is 0 Å². The molecule has 1 aromatic heterocycles. The summed E-state index contributed by atoms with van der Waals surface area (Å²) in [5, 5.41) is 3.96. The maximum atomic E-state index is 5.90. The number of hydrogen-bond acceptors (Lipinski definition) is 3. The third kappa shape index (κ3) is 3.14. The van der Waals surface area contributed by atoms with Gasteiger partial charge in [0.1, 0.15) is 11.0 Å². The zero-order valence-electron chi connectivity index (χ0n) is 8.96. The first kappa shape index (κ1) is 10.8. The number of halogens is 1. The fourth-order valence-corrected chi connectivity index (χ4v) is 2.34. The Morgan fingerprint density at radius 1 is 1.53 bits per heavy atom. The third-order valence-corrected chi connectivity index (χ3v) is 2.95. The number of nitrogens with zero attached hydrogens (tertiary/aromatic N) is 2. The van der Waals surface area contributed by atoms with Gasteiger partial charge in [-0.1, -0.05) is 11.6 Å². The van der Waals surface area contributed by atoms with Crippen molar-refractivity contribution >= 4 is 11.6 Å². The molecule has 82 valence electrons. The molecule has 1 aromatic rings. The van der Waals surface area contributed by atoms with Crippen molar-refractivity contribution in [3.63, 3.8) is 0 Å². The van der Waals surface area contributed by atoms with Crippen LogP contribution < -0.4 is 5.32 Å². The monoisotopic (exact) mass is 225 g/mol. The predicted molar refractivity (Wildman–Crippen MR) is 61.1 cm³/mol. The van der Waals surface area contributed by atoms with Crippen LogP contribution in [0.15, 0.2) is 6.07 Å². The van der Waals surface area contributed by atoms with Gasteiger partial charge in [0, 0.05) is 5.69 Å². The van der Waals surface area contributed by atoms with E-state index in [1.54, 1.807) is 0 Å². The Morgan fingerprint density at radius 2 is 2.40 bits per heavy atom. The SMILES string of the molecule is Cc1nc(Cl)cc(CC2CCCNC2)n1. The first-order chi connectivity index (χ1) is 7.24. The molecule has 0 spiro atoms. The summed E-state index contributed by atoms with van der Waals surface area (Å²) < 4.78 is 0. The molecular weight excluding hydrogens is 210 g/mol. The number of piperidine rings is 1. The summed E-state index contributed by atoms with van der Waals surface area (Å²) in [6, 6.07) is 1.88. The average molecular weight is 226 g/mol. The standard InChI is InChI=1S/C11H16ClN3/c1-8-14-10(6-11(12)15-8)5-9-3-2-4-13-7-9/h6,9,13H,2-5,7H2,1H3.